The van der Waals surface area contributed by atoms with Crippen molar-refractivity contribution in [3.8, 4) is 22.1 Å². The Morgan fingerprint density at radius 2 is 2.00 bits per heavy atom. The van der Waals surface area contributed by atoms with E-state index >= 15 is 0 Å². The standard InChI is InChI=1S/C27H28N6O5S/c1-37-11-10-33(25(35)16-34)15-17-2-6-20(29-13-17)23-12-21-26(39-23)22(8-9-28-21)38-19-5-7-24(30-14-19)32-27(36)31-18-3-4-18/h2,5-9,12-14,18,34H,3-4,10-11,15-16H2,1H3,(H2,30,31,32,36). The van der Waals surface area contributed by atoms with Crippen molar-refractivity contribution in [3.63, 3.8) is 0 Å². The summed E-state index contributed by atoms with van der Waals surface area (Å²) in [5.74, 6) is 1.25. The van der Waals surface area contributed by atoms with Crippen molar-refractivity contribution in [2.45, 2.75) is 25.4 Å². The molecule has 1 saturated carbocycles. The number of hydrogen-bond donors (Lipinski definition) is 3. The maximum absolute atomic E-state index is 12.0. The van der Waals surface area contributed by atoms with E-state index in [-0.39, 0.29) is 18.0 Å². The summed E-state index contributed by atoms with van der Waals surface area (Å²) in [6.07, 6.45) is 7.00. The molecule has 4 aromatic heterocycles. The van der Waals surface area contributed by atoms with E-state index in [1.807, 2.05) is 18.2 Å². The molecule has 4 heterocycles. The molecule has 3 amide bonds. The molecule has 4 aromatic rings. The third-order valence-electron chi connectivity index (χ3n) is 6.00. The Morgan fingerprint density at radius 1 is 1.13 bits per heavy atom. The number of amides is 3. The minimum Gasteiger partial charge on any atom is -0.454 e. The van der Waals surface area contributed by atoms with E-state index in [9.17, 15) is 14.7 Å². The maximum atomic E-state index is 12.0. The summed E-state index contributed by atoms with van der Waals surface area (Å²) in [4.78, 5) is 39.7. The van der Waals surface area contributed by atoms with Gasteiger partial charge in [0.2, 0.25) is 5.91 Å². The molecule has 0 saturated heterocycles. The van der Waals surface area contributed by atoms with Gasteiger partial charge in [0, 0.05) is 44.7 Å². The Bertz CT molecular complexity index is 1440. The van der Waals surface area contributed by atoms with Crippen LogP contribution in [0.5, 0.6) is 11.5 Å². The summed E-state index contributed by atoms with van der Waals surface area (Å²) in [5, 5.41) is 14.8. The molecule has 202 valence electrons. The first-order chi connectivity index (χ1) is 19.0. The van der Waals surface area contributed by atoms with Crippen molar-refractivity contribution in [3.05, 3.63) is 60.6 Å². The first-order valence-electron chi connectivity index (χ1n) is 12.4. The Labute approximate surface area is 228 Å². The van der Waals surface area contributed by atoms with Crippen LogP contribution in [-0.2, 0) is 16.1 Å². The minimum absolute atomic E-state index is 0.260. The quantitative estimate of drug-likeness (QED) is 0.257. The highest BCUT2D eigenvalue weighted by molar-refractivity contribution is 7.22. The highest BCUT2D eigenvalue weighted by atomic mass is 32.1. The molecule has 0 atom stereocenters. The predicted octanol–water partition coefficient (Wildman–Crippen LogP) is 3.80. The van der Waals surface area contributed by atoms with Gasteiger partial charge < -0.3 is 24.8 Å². The Morgan fingerprint density at radius 3 is 2.69 bits per heavy atom. The van der Waals surface area contributed by atoms with Crippen LogP contribution in [0, 0.1) is 0 Å². The number of methoxy groups -OCH3 is 1. The second-order valence-corrected chi connectivity index (χ2v) is 10.1. The van der Waals surface area contributed by atoms with Crippen LogP contribution in [0.25, 0.3) is 20.8 Å². The van der Waals surface area contributed by atoms with Crippen molar-refractivity contribution < 1.29 is 24.2 Å². The van der Waals surface area contributed by atoms with Crippen LogP contribution in [0.4, 0.5) is 10.6 Å². The fourth-order valence-electron chi connectivity index (χ4n) is 3.81. The molecule has 1 aliphatic rings. The van der Waals surface area contributed by atoms with E-state index in [1.165, 1.54) is 16.2 Å². The largest absolute Gasteiger partial charge is 0.454 e. The van der Waals surface area contributed by atoms with E-state index in [0.717, 1.165) is 39.2 Å². The zero-order chi connectivity index (χ0) is 27.2. The number of anilines is 1. The highest BCUT2D eigenvalue weighted by Gasteiger charge is 2.23. The van der Waals surface area contributed by atoms with E-state index < -0.39 is 6.61 Å². The van der Waals surface area contributed by atoms with Gasteiger partial charge in [-0.25, -0.2) is 9.78 Å². The van der Waals surface area contributed by atoms with Gasteiger partial charge in [0.1, 0.15) is 23.9 Å². The van der Waals surface area contributed by atoms with Crippen molar-refractivity contribution in [2.75, 3.05) is 32.2 Å². The molecule has 3 N–H and O–H groups in total. The third kappa shape index (κ3) is 6.85. The summed E-state index contributed by atoms with van der Waals surface area (Å²) in [5.41, 5.74) is 2.39. The zero-order valence-corrected chi connectivity index (χ0v) is 22.1. The topological polar surface area (TPSA) is 139 Å². The number of carbonyl (C=O) groups excluding carboxylic acids is 2. The summed E-state index contributed by atoms with van der Waals surface area (Å²) in [6, 6.07) is 11.0. The molecule has 1 aliphatic carbocycles. The number of aliphatic hydroxyl groups excluding tert-OH is 1. The number of hydrogen-bond acceptors (Lipinski definition) is 9. The van der Waals surface area contributed by atoms with Crippen LogP contribution >= 0.6 is 11.3 Å². The third-order valence-corrected chi connectivity index (χ3v) is 7.16. The Balaban J connectivity index is 1.27. The average Bonchev–Trinajstić information content (AvgIpc) is 3.65. The normalized spacial score (nSPS) is 12.8. The molecule has 5 rings (SSSR count). The number of aromatic nitrogens is 3. The monoisotopic (exact) mass is 548 g/mol. The molecule has 11 nitrogen and oxygen atoms in total. The van der Waals surface area contributed by atoms with Crippen LogP contribution in [-0.4, -0.2) is 69.8 Å². The van der Waals surface area contributed by atoms with Gasteiger partial charge in [0.05, 0.1) is 33.6 Å². The zero-order valence-electron chi connectivity index (χ0n) is 21.3. The van der Waals surface area contributed by atoms with Gasteiger partial charge >= 0.3 is 6.03 Å². The first-order valence-corrected chi connectivity index (χ1v) is 13.3. The van der Waals surface area contributed by atoms with Crippen LogP contribution in [0.15, 0.2) is 55.0 Å². The molecule has 39 heavy (non-hydrogen) atoms. The van der Waals surface area contributed by atoms with Gasteiger partial charge in [-0.2, -0.15) is 0 Å². The highest BCUT2D eigenvalue weighted by Crippen LogP contribution is 2.38. The lowest BCUT2D eigenvalue weighted by molar-refractivity contribution is -0.135. The van der Waals surface area contributed by atoms with Gasteiger partial charge in [-0.05, 0) is 42.7 Å². The lowest BCUT2D eigenvalue weighted by atomic mass is 10.2. The van der Waals surface area contributed by atoms with Crippen molar-refractivity contribution in [1.82, 2.24) is 25.2 Å². The van der Waals surface area contributed by atoms with Crippen LogP contribution in [0.3, 0.4) is 0 Å². The van der Waals surface area contributed by atoms with E-state index in [2.05, 4.69) is 25.6 Å². The second-order valence-electron chi connectivity index (χ2n) is 9.01. The van der Waals surface area contributed by atoms with Crippen molar-refractivity contribution in [1.29, 1.82) is 0 Å². The molecule has 0 spiro atoms. The second kappa shape index (κ2) is 12.2. The molecule has 0 radical (unpaired) electrons. The Hall–Kier alpha value is -4.13. The van der Waals surface area contributed by atoms with Gasteiger partial charge in [-0.15, -0.1) is 11.3 Å². The van der Waals surface area contributed by atoms with E-state index in [1.54, 1.807) is 43.9 Å². The lowest BCUT2D eigenvalue weighted by Crippen LogP contribution is -2.35. The number of urea groups is 1. The molecule has 0 unspecified atom stereocenters. The fraction of sp³-hybridized carbons (Fsp3) is 0.296. The van der Waals surface area contributed by atoms with Gasteiger partial charge in [-0.3, -0.25) is 20.1 Å². The van der Waals surface area contributed by atoms with E-state index in [0.29, 0.717) is 37.0 Å². The number of thiophene rings is 1. The molecule has 0 aliphatic heterocycles. The molecular formula is C27H28N6O5S. The smallest absolute Gasteiger partial charge is 0.320 e. The molecule has 1 fully saturated rings. The van der Waals surface area contributed by atoms with Gasteiger partial charge in [0.25, 0.3) is 0 Å². The summed E-state index contributed by atoms with van der Waals surface area (Å²) >= 11 is 1.51. The van der Waals surface area contributed by atoms with Gasteiger partial charge in [-0.1, -0.05) is 6.07 Å². The average molecular weight is 549 g/mol. The molecule has 0 bridgehead atoms. The summed E-state index contributed by atoms with van der Waals surface area (Å²) < 4.78 is 12.0. The van der Waals surface area contributed by atoms with Crippen molar-refractivity contribution in [2.24, 2.45) is 0 Å². The minimum atomic E-state index is -0.553. The SMILES string of the molecule is COCCN(Cc1ccc(-c2cc3nccc(Oc4ccc(NC(=O)NC5CC5)nc4)c3s2)nc1)C(=O)CO. The number of fused-ring (bicyclic) bond motifs is 1. The Kier molecular flexibility index (Phi) is 8.25. The van der Waals surface area contributed by atoms with Gasteiger partial charge in [0.15, 0.2) is 0 Å². The molecule has 12 heteroatoms. The molecule has 0 aromatic carbocycles. The summed E-state index contributed by atoms with van der Waals surface area (Å²) in [6.45, 7) is 0.538. The maximum Gasteiger partial charge on any atom is 0.320 e. The number of aliphatic hydroxyl groups is 1. The number of nitrogens with one attached hydrogen (secondary N) is 2. The number of rotatable bonds is 11. The summed E-state index contributed by atoms with van der Waals surface area (Å²) in [7, 11) is 1.57. The van der Waals surface area contributed by atoms with Crippen LogP contribution in [0.2, 0.25) is 0 Å². The fourth-order valence-corrected chi connectivity index (χ4v) is 4.85. The van der Waals surface area contributed by atoms with Crippen LogP contribution in [0.1, 0.15) is 18.4 Å². The van der Waals surface area contributed by atoms with Crippen molar-refractivity contribution >= 4 is 39.3 Å². The predicted molar refractivity (Wildman–Crippen MR) is 147 cm³/mol. The first kappa shape index (κ1) is 26.5. The number of nitrogens with zero attached hydrogens (tertiary/aromatic N) is 4. The molecular weight excluding hydrogens is 520 g/mol. The van der Waals surface area contributed by atoms with E-state index in [4.69, 9.17) is 9.47 Å². The lowest BCUT2D eigenvalue weighted by Gasteiger charge is -2.21. The number of carbonyl (C=O) groups is 2. The number of pyridine rings is 3. The number of ether oxygens (including phenoxy) is 2. The van der Waals surface area contributed by atoms with Crippen LogP contribution < -0.4 is 15.4 Å².